The summed E-state index contributed by atoms with van der Waals surface area (Å²) >= 11 is 2.82. The molecule has 1 aromatic heterocycles. The van der Waals surface area contributed by atoms with E-state index in [1.807, 2.05) is 0 Å². The molecule has 0 saturated carbocycles. The Kier molecular flexibility index (Phi) is 5.32. The van der Waals surface area contributed by atoms with Crippen LogP contribution in [-0.2, 0) is 19.9 Å². The van der Waals surface area contributed by atoms with E-state index in [1.165, 1.54) is 47.4 Å². The summed E-state index contributed by atoms with van der Waals surface area (Å²) in [5, 5.41) is 7.68. The van der Waals surface area contributed by atoms with Gasteiger partial charge in [0.1, 0.15) is 10.4 Å². The number of hydrogen-bond acceptors (Lipinski definition) is 8. The molecule has 136 valence electrons. The summed E-state index contributed by atoms with van der Waals surface area (Å²) in [5.74, 6) is 0. The van der Waals surface area contributed by atoms with Crippen molar-refractivity contribution in [1.82, 2.24) is 10.2 Å². The number of nitrogens with zero attached hydrogens (tertiary/aromatic N) is 2. The number of anilines is 1. The first-order chi connectivity index (χ1) is 12.3. The van der Waals surface area contributed by atoms with Crippen molar-refractivity contribution in [3.05, 3.63) is 54.0 Å². The lowest BCUT2D eigenvalue weighted by molar-refractivity contribution is 0.588. The van der Waals surface area contributed by atoms with Crippen molar-refractivity contribution in [2.45, 2.75) is 19.0 Å². The molecule has 0 aliphatic heterocycles. The summed E-state index contributed by atoms with van der Waals surface area (Å²) in [7, 11) is -7.73. The fourth-order valence-corrected chi connectivity index (χ4v) is 6.23. The zero-order chi connectivity index (χ0) is 18.8. The zero-order valence-electron chi connectivity index (χ0n) is 13.4. The minimum Gasteiger partial charge on any atom is -0.280 e. The second-order valence-electron chi connectivity index (χ2n) is 5.16. The van der Waals surface area contributed by atoms with Crippen molar-refractivity contribution < 1.29 is 16.8 Å². The maximum atomic E-state index is 12.6. The summed E-state index contributed by atoms with van der Waals surface area (Å²) in [6.45, 7) is 0. The number of sulfonamides is 1. The minimum atomic E-state index is -4.05. The topological polar surface area (TPSA) is 106 Å². The van der Waals surface area contributed by atoms with Crippen LogP contribution in [0.3, 0.4) is 0 Å². The number of benzene rings is 2. The number of aromatic nitrogens is 2. The molecule has 0 unspecified atom stereocenters. The molecule has 7 nitrogen and oxygen atoms in total. The van der Waals surface area contributed by atoms with Crippen molar-refractivity contribution in [1.29, 1.82) is 0 Å². The molecule has 0 radical (unpaired) electrons. The van der Waals surface area contributed by atoms with Crippen LogP contribution in [0.25, 0.3) is 0 Å². The molecule has 3 aromatic rings. The smallest absolute Gasteiger partial charge is 0.263 e. The van der Waals surface area contributed by atoms with E-state index >= 15 is 0 Å². The van der Waals surface area contributed by atoms with Gasteiger partial charge in [0.25, 0.3) is 10.0 Å². The largest absolute Gasteiger partial charge is 0.280 e. The molecule has 0 fully saturated rings. The van der Waals surface area contributed by atoms with Crippen LogP contribution in [0.15, 0.2) is 73.1 Å². The van der Waals surface area contributed by atoms with Gasteiger partial charge in [-0.3, -0.25) is 4.72 Å². The van der Waals surface area contributed by atoms with Crippen molar-refractivity contribution in [3.8, 4) is 0 Å². The molecular formula is C15H13N3O4S4. The second-order valence-corrected chi connectivity index (χ2v) is 10.9. The highest BCUT2D eigenvalue weighted by Gasteiger charge is 2.23. The average Bonchev–Trinajstić information content (AvgIpc) is 3.09. The van der Waals surface area contributed by atoms with Gasteiger partial charge < -0.3 is 0 Å². The van der Waals surface area contributed by atoms with E-state index in [-0.39, 0.29) is 9.79 Å². The standard InChI is InChI=1S/C15H13N3O4S4/c1-25(19,20)13-4-2-3-5-14(13)26(21,22)18-11-6-8-12(9-7-11)24-15-17-16-10-23-15/h2-10,18H,1H3. The van der Waals surface area contributed by atoms with Crippen LogP contribution in [0.1, 0.15) is 0 Å². The van der Waals surface area contributed by atoms with Gasteiger partial charge in [0.2, 0.25) is 0 Å². The van der Waals surface area contributed by atoms with Crippen LogP contribution in [-0.4, -0.2) is 33.3 Å². The van der Waals surface area contributed by atoms with Gasteiger partial charge in [0.15, 0.2) is 14.2 Å². The number of rotatable bonds is 6. The van der Waals surface area contributed by atoms with Crippen molar-refractivity contribution >= 4 is 48.6 Å². The maximum Gasteiger partial charge on any atom is 0.263 e. The van der Waals surface area contributed by atoms with Gasteiger partial charge in [-0.05, 0) is 36.4 Å². The molecule has 3 rings (SSSR count). The third kappa shape index (κ3) is 4.41. The number of hydrogen-bond donors (Lipinski definition) is 1. The Labute approximate surface area is 159 Å². The molecule has 11 heteroatoms. The molecular weight excluding hydrogens is 414 g/mol. The Morgan fingerprint density at radius 2 is 1.62 bits per heavy atom. The summed E-state index contributed by atoms with van der Waals surface area (Å²) < 4.78 is 52.1. The zero-order valence-corrected chi connectivity index (χ0v) is 16.6. The lowest BCUT2D eigenvalue weighted by Crippen LogP contribution is -2.16. The summed E-state index contributed by atoms with van der Waals surface area (Å²) in [4.78, 5) is 0.354. The van der Waals surface area contributed by atoms with Gasteiger partial charge >= 0.3 is 0 Å². The summed E-state index contributed by atoms with van der Waals surface area (Å²) in [6, 6.07) is 12.2. The Morgan fingerprint density at radius 3 is 2.19 bits per heavy atom. The molecule has 26 heavy (non-hydrogen) atoms. The van der Waals surface area contributed by atoms with E-state index in [2.05, 4.69) is 14.9 Å². The maximum absolute atomic E-state index is 12.6. The monoisotopic (exact) mass is 427 g/mol. The van der Waals surface area contributed by atoms with Crippen LogP contribution < -0.4 is 4.72 Å². The minimum absolute atomic E-state index is 0.240. The summed E-state index contributed by atoms with van der Waals surface area (Å²) in [6.07, 6.45) is 0.973. The third-order valence-corrected chi connectivity index (χ3v) is 7.70. The first-order valence-electron chi connectivity index (χ1n) is 7.12. The molecule has 0 saturated heterocycles. The molecule has 2 aromatic carbocycles. The van der Waals surface area contributed by atoms with E-state index in [4.69, 9.17) is 0 Å². The highest BCUT2D eigenvalue weighted by molar-refractivity contribution is 8.01. The molecule has 0 spiro atoms. The van der Waals surface area contributed by atoms with Crippen molar-refractivity contribution in [3.63, 3.8) is 0 Å². The lowest BCUT2D eigenvalue weighted by Gasteiger charge is -2.11. The van der Waals surface area contributed by atoms with Crippen LogP contribution >= 0.6 is 23.1 Å². The van der Waals surface area contributed by atoms with Gasteiger partial charge in [0.05, 0.1) is 4.90 Å². The predicted octanol–water partition coefficient (Wildman–Crippen LogP) is 2.89. The Bertz CT molecular complexity index is 1110. The van der Waals surface area contributed by atoms with Crippen LogP contribution in [0.4, 0.5) is 5.69 Å². The normalized spacial score (nSPS) is 12.0. The van der Waals surface area contributed by atoms with Crippen LogP contribution in [0, 0.1) is 0 Å². The van der Waals surface area contributed by atoms with Crippen LogP contribution in [0.2, 0.25) is 0 Å². The van der Waals surface area contributed by atoms with Gasteiger partial charge in [-0.2, -0.15) is 0 Å². The van der Waals surface area contributed by atoms with Crippen LogP contribution in [0.5, 0.6) is 0 Å². The molecule has 0 aliphatic carbocycles. The third-order valence-electron chi connectivity index (χ3n) is 3.19. The Morgan fingerprint density at radius 1 is 0.962 bits per heavy atom. The summed E-state index contributed by atoms with van der Waals surface area (Å²) in [5.41, 5.74) is 1.96. The van der Waals surface area contributed by atoms with E-state index < -0.39 is 19.9 Å². The first-order valence-corrected chi connectivity index (χ1v) is 12.2. The SMILES string of the molecule is CS(=O)(=O)c1ccccc1S(=O)(=O)Nc1ccc(Sc2nncs2)cc1. The van der Waals surface area contributed by atoms with E-state index in [0.717, 1.165) is 15.5 Å². The molecule has 1 N–H and O–H groups in total. The number of nitrogens with one attached hydrogen (secondary N) is 1. The molecule has 1 heterocycles. The van der Waals surface area contributed by atoms with Crippen molar-refractivity contribution in [2.24, 2.45) is 0 Å². The fourth-order valence-electron chi connectivity index (χ4n) is 2.09. The molecule has 0 aliphatic rings. The van der Waals surface area contributed by atoms with Crippen molar-refractivity contribution in [2.75, 3.05) is 11.0 Å². The Balaban J connectivity index is 1.84. The highest BCUT2D eigenvalue weighted by Crippen LogP contribution is 2.30. The second kappa shape index (κ2) is 7.35. The molecule has 0 atom stereocenters. The highest BCUT2D eigenvalue weighted by atomic mass is 32.2. The molecule has 0 bridgehead atoms. The fraction of sp³-hybridized carbons (Fsp3) is 0.0667. The average molecular weight is 428 g/mol. The van der Waals surface area contributed by atoms with Gasteiger partial charge in [0, 0.05) is 16.8 Å². The first kappa shape index (κ1) is 18.8. The molecule has 0 amide bonds. The van der Waals surface area contributed by atoms with Gasteiger partial charge in [-0.15, -0.1) is 10.2 Å². The van der Waals surface area contributed by atoms with E-state index in [1.54, 1.807) is 29.8 Å². The quantitative estimate of drug-likeness (QED) is 0.645. The van der Waals surface area contributed by atoms with E-state index in [0.29, 0.717) is 5.69 Å². The van der Waals surface area contributed by atoms with E-state index in [9.17, 15) is 16.8 Å². The number of sulfone groups is 1. The lowest BCUT2D eigenvalue weighted by atomic mass is 10.3. The van der Waals surface area contributed by atoms with Gasteiger partial charge in [-0.25, -0.2) is 16.8 Å². The van der Waals surface area contributed by atoms with Gasteiger partial charge in [-0.1, -0.05) is 35.2 Å². The predicted molar refractivity (Wildman–Crippen MR) is 101 cm³/mol. The Hall–Kier alpha value is -1.95.